The summed E-state index contributed by atoms with van der Waals surface area (Å²) in [5.41, 5.74) is 5.88. The summed E-state index contributed by atoms with van der Waals surface area (Å²) in [7, 11) is 0. The van der Waals surface area contributed by atoms with Crippen LogP contribution in [0.4, 0.5) is 0 Å². The van der Waals surface area contributed by atoms with Gasteiger partial charge < -0.3 is 25.8 Å². The van der Waals surface area contributed by atoms with Crippen LogP contribution in [-0.2, 0) is 9.59 Å². The summed E-state index contributed by atoms with van der Waals surface area (Å²) < 4.78 is 5.81. The maximum atomic E-state index is 13.0. The van der Waals surface area contributed by atoms with Crippen LogP contribution < -0.4 is 15.8 Å². The molecule has 1 unspecified atom stereocenters. The van der Waals surface area contributed by atoms with Gasteiger partial charge in [-0.15, -0.1) is 0 Å². The number of carbonyl (C=O) groups is 2. The highest BCUT2D eigenvalue weighted by molar-refractivity contribution is 6.32. The summed E-state index contributed by atoms with van der Waals surface area (Å²) in [6.07, 6.45) is 8.83. The van der Waals surface area contributed by atoms with Crippen LogP contribution in [0.25, 0.3) is 0 Å². The first-order valence-corrected chi connectivity index (χ1v) is 11.2. The van der Waals surface area contributed by atoms with Crippen LogP contribution in [0.1, 0.15) is 32.1 Å². The van der Waals surface area contributed by atoms with Crippen molar-refractivity contribution >= 4 is 29.3 Å². The van der Waals surface area contributed by atoms with Crippen molar-refractivity contribution in [1.29, 1.82) is 0 Å². The molecule has 9 heteroatoms. The minimum atomic E-state index is -0.703. The number of nitrogens with two attached hydrogens (primary N) is 1. The van der Waals surface area contributed by atoms with E-state index in [1.165, 1.54) is 17.1 Å². The highest BCUT2D eigenvalue weighted by atomic mass is 35.5. The Morgan fingerprint density at radius 1 is 1.41 bits per heavy atom. The number of rotatable bonds is 11. The third-order valence-corrected chi connectivity index (χ3v) is 5.82. The molecule has 2 amide bonds. The summed E-state index contributed by atoms with van der Waals surface area (Å²) in [5.74, 6) is 0.585. The molecule has 0 radical (unpaired) electrons. The number of hydrogen-bond donors (Lipinski definition) is 3. The van der Waals surface area contributed by atoms with Crippen molar-refractivity contribution in [3.8, 4) is 5.75 Å². The standard InChI is InChI=1S/C23H29ClN4O4/c24-18-7-1-2-8-20(18)32-17-14-22(30)28(15-17)19(13-16-5-3-6-16)23(31)27-21(25)9-11-26-10-4-12-29/h1-2,7-9,11,14,16,19,26,29H,3-6,10,12-13,15H2,(H2,25,27,31)/b11-9-. The molecule has 2 aliphatic rings. The topological polar surface area (TPSA) is 117 Å². The van der Waals surface area contributed by atoms with Crippen molar-refractivity contribution in [2.75, 3.05) is 19.7 Å². The number of para-hydroxylation sites is 1. The molecule has 0 aromatic heterocycles. The largest absolute Gasteiger partial charge is 0.458 e. The van der Waals surface area contributed by atoms with Crippen molar-refractivity contribution in [3.05, 3.63) is 53.4 Å². The fourth-order valence-electron chi connectivity index (χ4n) is 3.56. The molecule has 3 rings (SSSR count). The predicted octanol–water partition coefficient (Wildman–Crippen LogP) is 2.37. The summed E-state index contributed by atoms with van der Waals surface area (Å²) in [6, 6.07) is 6.31. The first-order valence-electron chi connectivity index (χ1n) is 10.8. The number of aliphatic hydroxyl groups excluding tert-OH is 1. The Labute approximate surface area is 192 Å². The van der Waals surface area contributed by atoms with Gasteiger partial charge in [-0.2, -0.15) is 4.99 Å². The Balaban J connectivity index is 1.67. The van der Waals surface area contributed by atoms with Gasteiger partial charge in [0, 0.05) is 25.4 Å². The van der Waals surface area contributed by atoms with Gasteiger partial charge in [-0.3, -0.25) is 9.59 Å². The molecule has 1 heterocycles. The second-order valence-electron chi connectivity index (χ2n) is 7.90. The van der Waals surface area contributed by atoms with E-state index in [-0.39, 0.29) is 24.9 Å². The van der Waals surface area contributed by atoms with Gasteiger partial charge in [0.15, 0.2) is 0 Å². The Morgan fingerprint density at radius 2 is 2.19 bits per heavy atom. The van der Waals surface area contributed by atoms with Gasteiger partial charge in [-0.1, -0.05) is 43.0 Å². The zero-order chi connectivity index (χ0) is 22.9. The molecule has 1 fully saturated rings. The van der Waals surface area contributed by atoms with Gasteiger partial charge in [-0.05, 0) is 37.0 Å². The van der Waals surface area contributed by atoms with Crippen LogP contribution in [0.3, 0.4) is 0 Å². The zero-order valence-corrected chi connectivity index (χ0v) is 18.6. The summed E-state index contributed by atoms with van der Waals surface area (Å²) in [5, 5.41) is 12.2. The molecule has 32 heavy (non-hydrogen) atoms. The molecule has 1 aliphatic carbocycles. The van der Waals surface area contributed by atoms with Crippen LogP contribution in [0.15, 0.2) is 53.4 Å². The van der Waals surface area contributed by atoms with E-state index in [1.54, 1.807) is 30.5 Å². The van der Waals surface area contributed by atoms with Gasteiger partial charge in [0.1, 0.15) is 23.4 Å². The SMILES string of the molecule is NC(/C=C\NCCCO)=NC(=O)C(CC1CCC1)N1CC(Oc2ccccc2Cl)=CC1=O. The van der Waals surface area contributed by atoms with E-state index in [0.717, 1.165) is 19.3 Å². The van der Waals surface area contributed by atoms with Crippen LogP contribution in [0, 0.1) is 5.92 Å². The lowest BCUT2D eigenvalue weighted by Crippen LogP contribution is -2.44. The third kappa shape index (κ3) is 6.58. The lowest BCUT2D eigenvalue weighted by Gasteiger charge is -2.32. The van der Waals surface area contributed by atoms with Crippen LogP contribution >= 0.6 is 11.6 Å². The minimum absolute atomic E-state index is 0.0530. The minimum Gasteiger partial charge on any atom is -0.458 e. The summed E-state index contributed by atoms with van der Waals surface area (Å²) in [4.78, 5) is 31.2. The van der Waals surface area contributed by atoms with E-state index in [1.807, 2.05) is 0 Å². The normalized spacial score (nSPS) is 17.9. The van der Waals surface area contributed by atoms with E-state index < -0.39 is 11.9 Å². The smallest absolute Gasteiger partial charge is 0.270 e. The number of carbonyl (C=O) groups excluding carboxylic acids is 2. The number of nitrogens with zero attached hydrogens (tertiary/aromatic N) is 2. The molecule has 1 saturated carbocycles. The Kier molecular flexibility index (Phi) is 8.70. The number of aliphatic imine (C=N–C) groups is 1. The zero-order valence-electron chi connectivity index (χ0n) is 17.9. The number of ether oxygens (including phenoxy) is 1. The van der Waals surface area contributed by atoms with Gasteiger partial charge in [0.25, 0.3) is 11.8 Å². The first kappa shape index (κ1) is 23.8. The van der Waals surface area contributed by atoms with Gasteiger partial charge >= 0.3 is 0 Å². The molecule has 0 saturated heterocycles. The molecule has 1 aromatic rings. The Hall–Kier alpha value is -2.84. The van der Waals surface area contributed by atoms with Crippen molar-refractivity contribution in [2.24, 2.45) is 16.6 Å². The number of benzene rings is 1. The molecule has 1 atom stereocenters. The van der Waals surface area contributed by atoms with Gasteiger partial charge in [-0.25, -0.2) is 0 Å². The quantitative estimate of drug-likeness (QED) is 0.265. The van der Waals surface area contributed by atoms with E-state index in [4.69, 9.17) is 27.2 Å². The second-order valence-corrected chi connectivity index (χ2v) is 8.30. The average molecular weight is 461 g/mol. The second kappa shape index (κ2) is 11.7. The highest BCUT2D eigenvalue weighted by Crippen LogP contribution is 2.33. The average Bonchev–Trinajstić information content (AvgIpc) is 3.08. The van der Waals surface area contributed by atoms with Crippen molar-refractivity contribution in [1.82, 2.24) is 10.2 Å². The molecule has 0 bridgehead atoms. The molecular weight excluding hydrogens is 432 g/mol. The van der Waals surface area contributed by atoms with E-state index in [9.17, 15) is 9.59 Å². The lowest BCUT2D eigenvalue weighted by molar-refractivity contribution is -0.135. The maximum Gasteiger partial charge on any atom is 0.270 e. The number of halogens is 1. The Bertz CT molecular complexity index is 911. The number of amidine groups is 1. The molecular formula is C23H29ClN4O4. The number of amides is 2. The predicted molar refractivity (Wildman–Crippen MR) is 123 cm³/mol. The number of aliphatic hydroxyl groups is 1. The van der Waals surface area contributed by atoms with E-state index in [0.29, 0.717) is 41.8 Å². The van der Waals surface area contributed by atoms with Crippen molar-refractivity contribution in [3.63, 3.8) is 0 Å². The molecule has 1 aromatic carbocycles. The van der Waals surface area contributed by atoms with Crippen molar-refractivity contribution in [2.45, 2.75) is 38.1 Å². The van der Waals surface area contributed by atoms with Crippen molar-refractivity contribution < 1.29 is 19.4 Å². The fraction of sp³-hybridized carbons (Fsp3) is 0.435. The number of hydrogen-bond acceptors (Lipinski definition) is 5. The number of nitrogens with one attached hydrogen (secondary N) is 1. The Morgan fingerprint density at radius 3 is 2.88 bits per heavy atom. The first-order chi connectivity index (χ1) is 15.5. The van der Waals surface area contributed by atoms with Gasteiger partial charge in [0.05, 0.1) is 11.6 Å². The molecule has 0 spiro atoms. The van der Waals surface area contributed by atoms with E-state index in [2.05, 4.69) is 10.3 Å². The molecule has 4 N–H and O–H groups in total. The summed E-state index contributed by atoms with van der Waals surface area (Å²) in [6.45, 7) is 0.841. The van der Waals surface area contributed by atoms with E-state index >= 15 is 0 Å². The fourth-order valence-corrected chi connectivity index (χ4v) is 3.73. The molecule has 8 nitrogen and oxygen atoms in total. The molecule has 172 valence electrons. The van der Waals surface area contributed by atoms with Crippen LogP contribution in [0.5, 0.6) is 5.75 Å². The third-order valence-electron chi connectivity index (χ3n) is 5.50. The van der Waals surface area contributed by atoms with Crippen LogP contribution in [-0.4, -0.2) is 53.4 Å². The van der Waals surface area contributed by atoms with Crippen LogP contribution in [0.2, 0.25) is 5.02 Å². The monoisotopic (exact) mass is 460 g/mol. The van der Waals surface area contributed by atoms with Gasteiger partial charge in [0.2, 0.25) is 0 Å². The highest BCUT2D eigenvalue weighted by Gasteiger charge is 2.37. The lowest BCUT2D eigenvalue weighted by atomic mass is 9.80. The molecule has 1 aliphatic heterocycles. The summed E-state index contributed by atoms with van der Waals surface area (Å²) >= 11 is 6.15. The maximum absolute atomic E-state index is 13.0.